The third-order valence-electron chi connectivity index (χ3n) is 3.11. The van der Waals surface area contributed by atoms with Gasteiger partial charge in [0.25, 0.3) is 0 Å². The lowest BCUT2D eigenvalue weighted by Gasteiger charge is -2.14. The maximum Gasteiger partial charge on any atom is 0.122 e. The Morgan fingerprint density at radius 2 is 1.85 bits per heavy atom. The Kier molecular flexibility index (Phi) is 5.46. The molecule has 0 bridgehead atoms. The summed E-state index contributed by atoms with van der Waals surface area (Å²) in [6, 6.07) is 13.3. The molecule has 0 fully saturated rings. The summed E-state index contributed by atoms with van der Waals surface area (Å²) < 4.78 is 6.31. The van der Waals surface area contributed by atoms with Gasteiger partial charge in [-0.15, -0.1) is 0 Å². The number of rotatable bonds is 5. The summed E-state index contributed by atoms with van der Waals surface area (Å²) in [7, 11) is 1.62. The predicted molar refractivity (Wildman–Crippen MR) is 85.6 cm³/mol. The molecule has 0 spiro atoms. The second-order valence-corrected chi connectivity index (χ2v) is 5.90. The van der Waals surface area contributed by atoms with Gasteiger partial charge in [-0.1, -0.05) is 45.7 Å². The average Bonchev–Trinajstić information content (AvgIpc) is 2.41. The van der Waals surface area contributed by atoms with Gasteiger partial charge in [-0.3, -0.25) is 0 Å². The van der Waals surface area contributed by atoms with Crippen molar-refractivity contribution in [1.29, 1.82) is 0 Å². The second kappa shape index (κ2) is 7.11. The van der Waals surface area contributed by atoms with Crippen molar-refractivity contribution < 1.29 is 9.84 Å². The van der Waals surface area contributed by atoms with Gasteiger partial charge in [-0.05, 0) is 41.8 Å². The van der Waals surface area contributed by atoms with E-state index in [1.165, 1.54) is 0 Å². The molecule has 1 N–H and O–H groups in total. The van der Waals surface area contributed by atoms with E-state index in [2.05, 4.69) is 15.9 Å². The van der Waals surface area contributed by atoms with E-state index in [0.29, 0.717) is 17.9 Å². The first-order valence-electron chi connectivity index (χ1n) is 6.34. The summed E-state index contributed by atoms with van der Waals surface area (Å²) in [4.78, 5) is 0. The summed E-state index contributed by atoms with van der Waals surface area (Å²) >= 11 is 9.49. The van der Waals surface area contributed by atoms with Crippen molar-refractivity contribution in [2.75, 3.05) is 7.11 Å². The molecule has 0 radical (unpaired) electrons. The summed E-state index contributed by atoms with van der Waals surface area (Å²) in [5.74, 6) is 0.751. The van der Waals surface area contributed by atoms with Crippen LogP contribution in [-0.2, 0) is 12.8 Å². The van der Waals surface area contributed by atoms with Crippen LogP contribution in [0.4, 0.5) is 0 Å². The number of aliphatic hydroxyl groups excluding tert-OH is 1. The SMILES string of the molecule is COc1ccc(Cl)cc1CC(O)Cc1ccccc1Br. The summed E-state index contributed by atoms with van der Waals surface area (Å²) in [6.07, 6.45) is 0.600. The lowest BCUT2D eigenvalue weighted by molar-refractivity contribution is 0.174. The fraction of sp³-hybridized carbons (Fsp3) is 0.250. The summed E-state index contributed by atoms with van der Waals surface area (Å²) in [5, 5.41) is 10.9. The Bertz CT molecular complexity index is 586. The molecule has 2 rings (SSSR count). The third-order valence-corrected chi connectivity index (χ3v) is 4.12. The van der Waals surface area contributed by atoms with E-state index >= 15 is 0 Å². The van der Waals surface area contributed by atoms with Crippen molar-refractivity contribution in [2.24, 2.45) is 0 Å². The van der Waals surface area contributed by atoms with Crippen molar-refractivity contribution in [1.82, 2.24) is 0 Å². The van der Waals surface area contributed by atoms with Gasteiger partial charge in [0.15, 0.2) is 0 Å². The molecular weight excluding hydrogens is 340 g/mol. The van der Waals surface area contributed by atoms with Gasteiger partial charge in [-0.2, -0.15) is 0 Å². The largest absolute Gasteiger partial charge is 0.496 e. The van der Waals surface area contributed by atoms with Gasteiger partial charge in [0.1, 0.15) is 5.75 Å². The molecule has 0 saturated carbocycles. The molecule has 106 valence electrons. The normalized spacial score (nSPS) is 12.2. The van der Waals surface area contributed by atoms with Gasteiger partial charge >= 0.3 is 0 Å². The molecule has 2 nitrogen and oxygen atoms in total. The average molecular weight is 356 g/mol. The van der Waals surface area contributed by atoms with Gasteiger partial charge in [0.05, 0.1) is 13.2 Å². The van der Waals surface area contributed by atoms with Crippen LogP contribution in [0.3, 0.4) is 0 Å². The number of methoxy groups -OCH3 is 1. The predicted octanol–water partition coefficient (Wildman–Crippen LogP) is 4.26. The lowest BCUT2D eigenvalue weighted by atomic mass is 10.0. The Morgan fingerprint density at radius 3 is 2.55 bits per heavy atom. The van der Waals surface area contributed by atoms with E-state index in [1.54, 1.807) is 13.2 Å². The highest BCUT2D eigenvalue weighted by Crippen LogP contribution is 2.25. The first kappa shape index (κ1) is 15.4. The van der Waals surface area contributed by atoms with Crippen LogP contribution in [0.1, 0.15) is 11.1 Å². The molecule has 1 atom stereocenters. The van der Waals surface area contributed by atoms with Crippen LogP contribution < -0.4 is 4.74 Å². The van der Waals surface area contributed by atoms with E-state index in [1.807, 2.05) is 36.4 Å². The number of halogens is 2. The Labute approximate surface area is 132 Å². The van der Waals surface area contributed by atoms with Crippen LogP contribution >= 0.6 is 27.5 Å². The fourth-order valence-corrected chi connectivity index (χ4v) is 2.79. The van der Waals surface area contributed by atoms with Crippen LogP contribution in [0.2, 0.25) is 5.02 Å². The van der Waals surface area contributed by atoms with Crippen molar-refractivity contribution in [3.05, 3.63) is 63.1 Å². The van der Waals surface area contributed by atoms with Crippen LogP contribution in [0, 0.1) is 0 Å². The molecular formula is C16H16BrClO2. The van der Waals surface area contributed by atoms with E-state index in [-0.39, 0.29) is 0 Å². The van der Waals surface area contributed by atoms with Crippen molar-refractivity contribution >= 4 is 27.5 Å². The minimum absolute atomic E-state index is 0.485. The zero-order chi connectivity index (χ0) is 14.5. The zero-order valence-corrected chi connectivity index (χ0v) is 13.5. The number of hydrogen-bond donors (Lipinski definition) is 1. The van der Waals surface area contributed by atoms with Crippen LogP contribution in [0.5, 0.6) is 5.75 Å². The molecule has 0 aromatic heterocycles. The van der Waals surface area contributed by atoms with Gasteiger partial charge < -0.3 is 9.84 Å². The number of hydrogen-bond acceptors (Lipinski definition) is 2. The topological polar surface area (TPSA) is 29.5 Å². The summed E-state index contributed by atoms with van der Waals surface area (Å²) in [6.45, 7) is 0. The highest BCUT2D eigenvalue weighted by atomic mass is 79.9. The van der Waals surface area contributed by atoms with E-state index < -0.39 is 6.10 Å². The first-order valence-corrected chi connectivity index (χ1v) is 7.51. The molecule has 0 aliphatic rings. The molecule has 2 aromatic rings. The number of aliphatic hydroxyl groups is 1. The van der Waals surface area contributed by atoms with Crippen molar-refractivity contribution in [3.8, 4) is 5.75 Å². The third kappa shape index (κ3) is 3.98. The van der Waals surface area contributed by atoms with Crippen LogP contribution in [0.15, 0.2) is 46.9 Å². The highest BCUT2D eigenvalue weighted by molar-refractivity contribution is 9.10. The monoisotopic (exact) mass is 354 g/mol. The van der Waals surface area contributed by atoms with E-state index in [4.69, 9.17) is 16.3 Å². The van der Waals surface area contributed by atoms with Crippen molar-refractivity contribution in [2.45, 2.75) is 18.9 Å². The van der Waals surface area contributed by atoms with Gasteiger partial charge in [0.2, 0.25) is 0 Å². The van der Waals surface area contributed by atoms with Gasteiger partial charge in [0, 0.05) is 15.9 Å². The van der Waals surface area contributed by atoms with Gasteiger partial charge in [-0.25, -0.2) is 0 Å². The van der Waals surface area contributed by atoms with Crippen molar-refractivity contribution in [3.63, 3.8) is 0 Å². The number of ether oxygens (including phenoxy) is 1. The lowest BCUT2D eigenvalue weighted by Crippen LogP contribution is -2.14. The van der Waals surface area contributed by atoms with Crippen LogP contribution in [-0.4, -0.2) is 18.3 Å². The molecule has 20 heavy (non-hydrogen) atoms. The quantitative estimate of drug-likeness (QED) is 0.868. The molecule has 4 heteroatoms. The Hall–Kier alpha value is -1.03. The Balaban J connectivity index is 2.10. The standard InChI is InChI=1S/C16H16BrClO2/c1-20-16-7-6-13(18)8-12(16)10-14(19)9-11-4-2-3-5-15(11)17/h2-8,14,19H,9-10H2,1H3. The molecule has 0 aliphatic heterocycles. The Morgan fingerprint density at radius 1 is 1.15 bits per heavy atom. The number of benzene rings is 2. The highest BCUT2D eigenvalue weighted by Gasteiger charge is 2.12. The molecule has 0 heterocycles. The zero-order valence-electron chi connectivity index (χ0n) is 11.1. The minimum atomic E-state index is -0.485. The van der Waals surface area contributed by atoms with E-state index in [0.717, 1.165) is 21.3 Å². The summed E-state index contributed by atoms with van der Waals surface area (Å²) in [5.41, 5.74) is 2.00. The fourth-order valence-electron chi connectivity index (χ4n) is 2.15. The smallest absolute Gasteiger partial charge is 0.122 e. The maximum atomic E-state index is 10.3. The molecule has 0 aliphatic carbocycles. The second-order valence-electron chi connectivity index (χ2n) is 4.61. The maximum absolute atomic E-state index is 10.3. The first-order chi connectivity index (χ1) is 9.60. The molecule has 0 saturated heterocycles. The molecule has 2 aromatic carbocycles. The van der Waals surface area contributed by atoms with Crippen LogP contribution in [0.25, 0.3) is 0 Å². The van der Waals surface area contributed by atoms with E-state index in [9.17, 15) is 5.11 Å². The minimum Gasteiger partial charge on any atom is -0.496 e. The molecule has 0 amide bonds. The molecule has 1 unspecified atom stereocenters.